The summed E-state index contributed by atoms with van der Waals surface area (Å²) in [6.45, 7) is 12.1. The number of amides is 2. The van der Waals surface area contributed by atoms with Gasteiger partial charge in [0.2, 0.25) is 0 Å². The molecule has 2 amide bonds. The molecule has 4 heterocycles. The molecule has 4 aromatic rings. The Morgan fingerprint density at radius 3 is 1.46 bits per heavy atom. The van der Waals surface area contributed by atoms with Gasteiger partial charge in [0, 0.05) is 24.2 Å². The zero-order chi connectivity index (χ0) is 34.4. The van der Waals surface area contributed by atoms with E-state index in [0.717, 1.165) is 25.7 Å². The summed E-state index contributed by atoms with van der Waals surface area (Å²) >= 11 is 0. The quantitative estimate of drug-likeness (QED) is 0.222. The van der Waals surface area contributed by atoms with Crippen LogP contribution in [0.5, 0.6) is 0 Å². The minimum atomic E-state index is -0.614. The molecule has 0 radical (unpaired) electrons. The van der Waals surface area contributed by atoms with Gasteiger partial charge in [-0.3, -0.25) is 9.80 Å². The van der Waals surface area contributed by atoms with E-state index in [1.807, 2.05) is 41.5 Å². The lowest BCUT2D eigenvalue weighted by atomic mass is 10.00. The van der Waals surface area contributed by atoms with Crippen LogP contribution in [0.1, 0.15) is 91.0 Å². The third-order valence-corrected chi connectivity index (χ3v) is 8.44. The van der Waals surface area contributed by atoms with E-state index < -0.39 is 35.0 Å². The zero-order valence-electron chi connectivity index (χ0n) is 28.2. The number of benzene rings is 2. The first-order valence-corrected chi connectivity index (χ1v) is 16.4. The van der Waals surface area contributed by atoms with Gasteiger partial charge in [0.05, 0.1) is 35.9 Å². The molecule has 2 N–H and O–H groups in total. The van der Waals surface area contributed by atoms with Gasteiger partial charge in [0.1, 0.15) is 34.5 Å². The fourth-order valence-corrected chi connectivity index (χ4v) is 6.29. The number of imidazole rings is 2. The molecule has 10 nitrogen and oxygen atoms in total. The van der Waals surface area contributed by atoms with Crippen LogP contribution >= 0.6 is 0 Å². The molecule has 2 aromatic heterocycles. The molecule has 2 atom stereocenters. The number of carbonyl (C=O) groups is 2. The molecule has 2 aliphatic heterocycles. The fourth-order valence-electron chi connectivity index (χ4n) is 6.29. The lowest BCUT2D eigenvalue weighted by Gasteiger charge is -2.27. The Balaban J connectivity index is 1.16. The van der Waals surface area contributed by atoms with Gasteiger partial charge in [0.15, 0.2) is 0 Å². The highest BCUT2D eigenvalue weighted by atomic mass is 19.1. The predicted molar refractivity (Wildman–Crippen MR) is 177 cm³/mol. The number of halogens is 2. The summed E-state index contributed by atoms with van der Waals surface area (Å²) < 4.78 is 42.1. The van der Waals surface area contributed by atoms with Crippen molar-refractivity contribution in [3.63, 3.8) is 0 Å². The number of H-pyrrole nitrogens is 2. The Kier molecular flexibility index (Phi) is 8.78. The Bertz CT molecular complexity index is 1690. The maximum atomic E-state index is 15.5. The number of nitrogens with zero attached hydrogens (tertiary/aromatic N) is 4. The summed E-state index contributed by atoms with van der Waals surface area (Å²) in [5.74, 6) is 0.155. The van der Waals surface area contributed by atoms with Crippen molar-refractivity contribution in [3.8, 4) is 33.6 Å². The van der Waals surface area contributed by atoms with Crippen molar-refractivity contribution in [2.75, 3.05) is 13.1 Å². The number of nitrogens with one attached hydrogen (secondary N) is 2. The van der Waals surface area contributed by atoms with E-state index in [9.17, 15) is 9.59 Å². The lowest BCUT2D eigenvalue weighted by molar-refractivity contribution is 0.0208. The van der Waals surface area contributed by atoms with Crippen LogP contribution in [-0.4, -0.2) is 66.2 Å². The molecule has 0 saturated carbocycles. The topological polar surface area (TPSA) is 116 Å². The Morgan fingerprint density at radius 1 is 0.708 bits per heavy atom. The first-order chi connectivity index (χ1) is 22.7. The van der Waals surface area contributed by atoms with Crippen LogP contribution < -0.4 is 0 Å². The number of likely N-dealkylation sites (tertiary alicyclic amines) is 2. The molecule has 0 bridgehead atoms. The normalized spacial score (nSPS) is 18.4. The molecule has 12 heteroatoms. The molecule has 0 aliphatic carbocycles. The van der Waals surface area contributed by atoms with Crippen molar-refractivity contribution in [3.05, 3.63) is 72.1 Å². The standard InChI is InChI=1S/C36H42F2N6O4/c1-35(2,3)47-33(45)43-15-7-9-29(43)31-39-19-27(41-31)23-13-11-21(17-25(23)37)22-12-14-24(26(38)18-22)28-20-40-32(42-28)30-10-8-16-44(30)34(46)48-36(4,5)6/h11-14,17-20,29-30H,7-10,15-16H2,1-6H3,(H,39,41)(H,40,42)/t29-,30-/m0/s1. The van der Waals surface area contributed by atoms with Gasteiger partial charge >= 0.3 is 12.2 Å². The summed E-state index contributed by atoms with van der Waals surface area (Å²) in [6.07, 6.45) is 5.39. The minimum Gasteiger partial charge on any atom is -0.444 e. The summed E-state index contributed by atoms with van der Waals surface area (Å²) in [7, 11) is 0. The molecular weight excluding hydrogens is 618 g/mol. The molecule has 0 unspecified atom stereocenters. The zero-order valence-corrected chi connectivity index (χ0v) is 28.2. The molecule has 2 saturated heterocycles. The van der Waals surface area contributed by atoms with E-state index in [-0.39, 0.29) is 12.1 Å². The largest absolute Gasteiger partial charge is 0.444 e. The molecule has 254 valence electrons. The van der Waals surface area contributed by atoms with Crippen LogP contribution in [0.4, 0.5) is 18.4 Å². The van der Waals surface area contributed by atoms with E-state index >= 15 is 8.78 Å². The van der Waals surface area contributed by atoms with Crippen molar-refractivity contribution in [2.24, 2.45) is 0 Å². The van der Waals surface area contributed by atoms with Crippen LogP contribution in [0.25, 0.3) is 33.6 Å². The van der Waals surface area contributed by atoms with Gasteiger partial charge in [-0.15, -0.1) is 0 Å². The number of aromatic nitrogens is 4. The number of hydrogen-bond acceptors (Lipinski definition) is 6. The van der Waals surface area contributed by atoms with Crippen LogP contribution in [0, 0.1) is 11.6 Å². The lowest BCUT2D eigenvalue weighted by Crippen LogP contribution is -2.36. The Hall–Kier alpha value is -4.74. The minimum absolute atomic E-state index is 0.287. The van der Waals surface area contributed by atoms with Crippen LogP contribution in [0.3, 0.4) is 0 Å². The molecule has 0 spiro atoms. The van der Waals surface area contributed by atoms with Crippen LogP contribution in [0.2, 0.25) is 0 Å². The number of hydrogen-bond donors (Lipinski definition) is 2. The van der Waals surface area contributed by atoms with Crippen molar-refractivity contribution in [2.45, 2.75) is 90.5 Å². The molecule has 2 aromatic carbocycles. The van der Waals surface area contributed by atoms with E-state index in [1.165, 1.54) is 12.1 Å². The second-order valence-corrected chi connectivity index (χ2v) is 14.4. The van der Waals surface area contributed by atoms with Crippen molar-refractivity contribution in [1.82, 2.24) is 29.7 Å². The van der Waals surface area contributed by atoms with E-state index in [4.69, 9.17) is 9.47 Å². The Morgan fingerprint density at radius 2 is 1.10 bits per heavy atom. The maximum Gasteiger partial charge on any atom is 0.410 e. The van der Waals surface area contributed by atoms with Crippen molar-refractivity contribution < 1.29 is 27.8 Å². The van der Waals surface area contributed by atoms with Gasteiger partial charge in [-0.2, -0.15) is 0 Å². The number of aromatic amines is 2. The highest BCUT2D eigenvalue weighted by Crippen LogP contribution is 2.36. The molecular formula is C36H42F2N6O4. The van der Waals surface area contributed by atoms with E-state index in [2.05, 4.69) is 19.9 Å². The number of ether oxygens (including phenoxy) is 2. The summed E-state index contributed by atoms with van der Waals surface area (Å²) in [6, 6.07) is 8.89. The average molecular weight is 661 g/mol. The average Bonchev–Trinajstić information content (AvgIpc) is 3.81. The fraction of sp³-hybridized carbons (Fsp3) is 0.444. The molecule has 2 aliphatic rings. The monoisotopic (exact) mass is 660 g/mol. The van der Waals surface area contributed by atoms with E-state index in [0.29, 0.717) is 58.4 Å². The second-order valence-electron chi connectivity index (χ2n) is 14.4. The van der Waals surface area contributed by atoms with Gasteiger partial charge in [-0.25, -0.2) is 28.3 Å². The summed E-state index contributed by atoms with van der Waals surface area (Å²) in [5.41, 5.74) is 1.38. The summed E-state index contributed by atoms with van der Waals surface area (Å²) in [5, 5.41) is 0. The van der Waals surface area contributed by atoms with Crippen molar-refractivity contribution >= 4 is 12.2 Å². The highest BCUT2D eigenvalue weighted by Gasteiger charge is 2.36. The Labute approximate surface area is 278 Å². The second kappa shape index (κ2) is 12.7. The van der Waals surface area contributed by atoms with E-state index in [1.54, 1.807) is 46.5 Å². The summed E-state index contributed by atoms with van der Waals surface area (Å²) in [4.78, 5) is 44.2. The van der Waals surface area contributed by atoms with Gasteiger partial charge in [-0.05, 0) is 103 Å². The number of carbonyl (C=O) groups excluding carboxylic acids is 2. The van der Waals surface area contributed by atoms with Crippen LogP contribution in [-0.2, 0) is 9.47 Å². The predicted octanol–water partition coefficient (Wildman–Crippen LogP) is 8.56. The smallest absolute Gasteiger partial charge is 0.410 e. The molecule has 6 rings (SSSR count). The highest BCUT2D eigenvalue weighted by molar-refractivity contribution is 5.73. The third kappa shape index (κ3) is 7.07. The van der Waals surface area contributed by atoms with Gasteiger partial charge in [0.25, 0.3) is 0 Å². The third-order valence-electron chi connectivity index (χ3n) is 8.44. The SMILES string of the molecule is CC(C)(C)OC(=O)N1CCC[C@H]1c1ncc(-c2ccc(-c3ccc(-c4cnc([C@@H]5CCCN5C(=O)OC(C)(C)C)[nH]4)c(F)c3)cc2F)[nH]1. The van der Waals surface area contributed by atoms with Gasteiger partial charge < -0.3 is 19.4 Å². The van der Waals surface area contributed by atoms with Gasteiger partial charge in [-0.1, -0.05) is 12.1 Å². The first kappa shape index (κ1) is 33.2. The van der Waals surface area contributed by atoms with Crippen molar-refractivity contribution in [1.29, 1.82) is 0 Å². The number of rotatable bonds is 5. The van der Waals surface area contributed by atoms with Crippen LogP contribution in [0.15, 0.2) is 48.8 Å². The first-order valence-electron chi connectivity index (χ1n) is 16.4. The maximum absolute atomic E-state index is 15.5. The molecule has 2 fully saturated rings. The molecule has 48 heavy (non-hydrogen) atoms.